The van der Waals surface area contributed by atoms with Crippen LogP contribution in [0.1, 0.15) is 31.7 Å². The van der Waals surface area contributed by atoms with Crippen molar-refractivity contribution in [3.63, 3.8) is 0 Å². The summed E-state index contributed by atoms with van der Waals surface area (Å²) in [6, 6.07) is 17.5. The molecule has 0 saturated carbocycles. The van der Waals surface area contributed by atoms with Gasteiger partial charge in [0.2, 0.25) is 15.9 Å². The monoisotopic (exact) mass is 453 g/mol. The molecule has 4 rings (SSSR count). The summed E-state index contributed by atoms with van der Waals surface area (Å²) >= 11 is 0. The zero-order chi connectivity index (χ0) is 22.7. The Morgan fingerprint density at radius 2 is 1.81 bits per heavy atom. The molecule has 1 aliphatic rings. The van der Waals surface area contributed by atoms with E-state index in [4.69, 9.17) is 0 Å². The van der Waals surface area contributed by atoms with E-state index in [1.54, 1.807) is 12.1 Å². The zero-order valence-electron chi connectivity index (χ0n) is 18.7. The van der Waals surface area contributed by atoms with E-state index < -0.39 is 10.0 Å². The number of rotatable bonds is 7. The molecule has 1 fully saturated rings. The Labute approximate surface area is 190 Å². The van der Waals surface area contributed by atoms with Gasteiger partial charge in [0.15, 0.2) is 0 Å². The number of aryl methyl sites for hydroxylation is 2. The number of carbonyl (C=O) groups is 1. The van der Waals surface area contributed by atoms with Crippen molar-refractivity contribution in [3.8, 4) is 0 Å². The summed E-state index contributed by atoms with van der Waals surface area (Å²) < 4.78 is 29.7. The van der Waals surface area contributed by atoms with Gasteiger partial charge in [0.1, 0.15) is 0 Å². The largest absolute Gasteiger partial charge is 0.353 e. The third-order valence-electron chi connectivity index (χ3n) is 6.42. The van der Waals surface area contributed by atoms with Crippen molar-refractivity contribution in [3.05, 3.63) is 66.4 Å². The highest BCUT2D eigenvalue weighted by Gasteiger charge is 2.32. The molecule has 32 heavy (non-hydrogen) atoms. The third kappa shape index (κ3) is 4.89. The maximum atomic E-state index is 13.1. The number of piperidine rings is 1. The van der Waals surface area contributed by atoms with E-state index in [0.717, 1.165) is 23.7 Å². The van der Waals surface area contributed by atoms with Crippen LogP contribution in [0.25, 0.3) is 10.9 Å². The minimum atomic E-state index is -3.56. The van der Waals surface area contributed by atoms with E-state index in [1.807, 2.05) is 55.1 Å². The lowest BCUT2D eigenvalue weighted by Crippen LogP contribution is -2.44. The molecule has 2 heterocycles. The van der Waals surface area contributed by atoms with Gasteiger partial charge in [0.05, 0.1) is 4.90 Å². The van der Waals surface area contributed by atoms with Crippen molar-refractivity contribution >= 4 is 26.8 Å². The van der Waals surface area contributed by atoms with Crippen LogP contribution < -0.4 is 5.32 Å². The van der Waals surface area contributed by atoms with E-state index in [2.05, 4.69) is 17.4 Å². The molecule has 0 spiro atoms. The van der Waals surface area contributed by atoms with Crippen molar-refractivity contribution in [1.82, 2.24) is 14.2 Å². The molecule has 0 bridgehead atoms. The van der Waals surface area contributed by atoms with Crippen molar-refractivity contribution in [2.24, 2.45) is 13.0 Å². The molecule has 0 radical (unpaired) electrons. The van der Waals surface area contributed by atoms with Crippen LogP contribution in [0.4, 0.5) is 0 Å². The van der Waals surface area contributed by atoms with Crippen LogP contribution in [0.2, 0.25) is 0 Å². The van der Waals surface area contributed by atoms with E-state index in [9.17, 15) is 13.2 Å². The molecule has 3 aromatic rings. The van der Waals surface area contributed by atoms with E-state index >= 15 is 0 Å². The highest BCUT2D eigenvalue weighted by molar-refractivity contribution is 7.89. The predicted molar refractivity (Wildman–Crippen MR) is 127 cm³/mol. The van der Waals surface area contributed by atoms with Crippen LogP contribution in [0, 0.1) is 5.92 Å². The molecular weight excluding hydrogens is 422 g/mol. The maximum Gasteiger partial charge on any atom is 0.243 e. The quantitative estimate of drug-likeness (QED) is 0.593. The normalized spacial score (nSPS) is 16.8. The Morgan fingerprint density at radius 1 is 1.09 bits per heavy atom. The average molecular weight is 454 g/mol. The second-order valence-corrected chi connectivity index (χ2v) is 10.7. The number of nitrogens with one attached hydrogen (secondary N) is 1. The van der Waals surface area contributed by atoms with E-state index in [0.29, 0.717) is 30.8 Å². The fourth-order valence-corrected chi connectivity index (χ4v) is 5.89. The Bertz CT molecular complexity index is 1180. The summed E-state index contributed by atoms with van der Waals surface area (Å²) in [5.74, 6) is -0.106. The Balaban J connectivity index is 1.31. The lowest BCUT2D eigenvalue weighted by atomic mass is 9.96. The van der Waals surface area contributed by atoms with Gasteiger partial charge in [0, 0.05) is 49.2 Å². The summed E-state index contributed by atoms with van der Waals surface area (Å²) in [7, 11) is -1.62. The molecule has 170 valence electrons. The molecule has 1 N–H and O–H groups in total. The standard InChI is InChI=1S/C25H31N3O3S/c1-19(8-9-20-6-4-3-5-7-20)26-25(29)21-13-16-28(17-14-21)32(30,31)23-10-11-24-22(18-23)12-15-27(24)2/h3-7,10-12,15,18-19,21H,8-9,13-14,16-17H2,1-2H3,(H,26,29). The number of sulfonamides is 1. The van der Waals surface area contributed by atoms with Crippen molar-refractivity contribution in [2.45, 2.75) is 43.5 Å². The third-order valence-corrected chi connectivity index (χ3v) is 8.31. The van der Waals surface area contributed by atoms with Gasteiger partial charge in [0.25, 0.3) is 0 Å². The van der Waals surface area contributed by atoms with Crippen LogP contribution in [-0.2, 0) is 28.3 Å². The molecule has 0 aliphatic carbocycles. The first-order chi connectivity index (χ1) is 15.3. The molecule has 1 aromatic heterocycles. The van der Waals surface area contributed by atoms with Crippen LogP contribution >= 0.6 is 0 Å². The highest BCUT2D eigenvalue weighted by Crippen LogP contribution is 2.26. The number of fused-ring (bicyclic) bond motifs is 1. The predicted octanol–water partition coefficient (Wildman–Crippen LogP) is 3.72. The van der Waals surface area contributed by atoms with Crippen LogP contribution in [-0.4, -0.2) is 42.3 Å². The fourth-order valence-electron chi connectivity index (χ4n) is 4.39. The number of hydrogen-bond donors (Lipinski definition) is 1. The number of hydrogen-bond acceptors (Lipinski definition) is 3. The number of benzene rings is 2. The Morgan fingerprint density at radius 3 is 2.53 bits per heavy atom. The molecule has 1 saturated heterocycles. The number of carbonyl (C=O) groups excluding carboxylic acids is 1. The summed E-state index contributed by atoms with van der Waals surface area (Å²) in [6.07, 6.45) is 4.82. The minimum absolute atomic E-state index is 0.0355. The minimum Gasteiger partial charge on any atom is -0.353 e. The van der Waals surface area contributed by atoms with Crippen LogP contribution in [0.5, 0.6) is 0 Å². The average Bonchev–Trinajstić information content (AvgIpc) is 3.18. The van der Waals surface area contributed by atoms with Gasteiger partial charge < -0.3 is 9.88 Å². The second-order valence-electron chi connectivity index (χ2n) is 8.76. The van der Waals surface area contributed by atoms with Gasteiger partial charge in [-0.1, -0.05) is 30.3 Å². The van der Waals surface area contributed by atoms with Crippen molar-refractivity contribution in [2.75, 3.05) is 13.1 Å². The summed E-state index contributed by atoms with van der Waals surface area (Å²) in [5.41, 5.74) is 2.27. The van der Waals surface area contributed by atoms with Crippen LogP contribution in [0.15, 0.2) is 65.7 Å². The molecule has 2 aromatic carbocycles. The summed E-state index contributed by atoms with van der Waals surface area (Å²) in [4.78, 5) is 13.0. The number of amides is 1. The number of aromatic nitrogens is 1. The molecule has 7 heteroatoms. The van der Waals surface area contributed by atoms with E-state index in [1.165, 1.54) is 9.87 Å². The van der Waals surface area contributed by atoms with Gasteiger partial charge in [-0.15, -0.1) is 0 Å². The SMILES string of the molecule is CC(CCc1ccccc1)NC(=O)C1CCN(S(=O)(=O)c2ccc3c(ccn3C)c2)CC1. The van der Waals surface area contributed by atoms with Gasteiger partial charge in [-0.3, -0.25) is 4.79 Å². The van der Waals surface area contributed by atoms with Crippen LogP contribution in [0.3, 0.4) is 0 Å². The summed E-state index contributed by atoms with van der Waals surface area (Å²) in [5, 5.41) is 4.03. The molecule has 1 aliphatic heterocycles. The lowest BCUT2D eigenvalue weighted by molar-refractivity contribution is -0.126. The topological polar surface area (TPSA) is 71.4 Å². The lowest BCUT2D eigenvalue weighted by Gasteiger charge is -2.31. The van der Waals surface area contributed by atoms with Gasteiger partial charge in [-0.25, -0.2) is 8.42 Å². The van der Waals surface area contributed by atoms with E-state index in [-0.39, 0.29) is 17.9 Å². The molecular formula is C25H31N3O3S. The molecule has 6 nitrogen and oxygen atoms in total. The first-order valence-electron chi connectivity index (χ1n) is 11.2. The zero-order valence-corrected chi connectivity index (χ0v) is 19.5. The van der Waals surface area contributed by atoms with Gasteiger partial charge >= 0.3 is 0 Å². The number of nitrogens with zero attached hydrogens (tertiary/aromatic N) is 2. The molecule has 1 atom stereocenters. The Hall–Kier alpha value is -2.64. The maximum absolute atomic E-state index is 13.1. The Kier molecular flexibility index (Phi) is 6.67. The fraction of sp³-hybridized carbons (Fsp3) is 0.400. The second kappa shape index (κ2) is 9.46. The smallest absolute Gasteiger partial charge is 0.243 e. The van der Waals surface area contributed by atoms with Crippen molar-refractivity contribution in [1.29, 1.82) is 0 Å². The first kappa shape index (κ1) is 22.6. The molecule has 1 amide bonds. The highest BCUT2D eigenvalue weighted by atomic mass is 32.2. The van der Waals surface area contributed by atoms with Crippen molar-refractivity contribution < 1.29 is 13.2 Å². The molecule has 1 unspecified atom stereocenters. The summed E-state index contributed by atoms with van der Waals surface area (Å²) in [6.45, 7) is 2.76. The van der Waals surface area contributed by atoms with Gasteiger partial charge in [-0.2, -0.15) is 4.31 Å². The van der Waals surface area contributed by atoms with Gasteiger partial charge in [-0.05, 0) is 62.4 Å². The first-order valence-corrected chi connectivity index (χ1v) is 12.7.